The van der Waals surface area contributed by atoms with Crippen molar-refractivity contribution in [2.75, 3.05) is 13.1 Å². The zero-order valence-corrected chi connectivity index (χ0v) is 17.2. The third-order valence-electron chi connectivity index (χ3n) is 5.99. The van der Waals surface area contributed by atoms with Crippen LogP contribution in [0.25, 0.3) is 10.9 Å². The van der Waals surface area contributed by atoms with Gasteiger partial charge in [-0.25, -0.2) is 9.18 Å². The number of nitrogens with one attached hydrogen (secondary N) is 1. The molecule has 1 fully saturated rings. The van der Waals surface area contributed by atoms with Crippen molar-refractivity contribution in [1.82, 2.24) is 9.88 Å². The summed E-state index contributed by atoms with van der Waals surface area (Å²) in [6.45, 7) is 2.88. The normalized spacial score (nSPS) is 14.7. The average Bonchev–Trinajstić information content (AvgIpc) is 3.09. The Labute approximate surface area is 178 Å². The first-order valence-electron chi connectivity index (χ1n) is 10.3. The topological polar surface area (TPSA) is 90.5 Å². The number of piperidine rings is 1. The van der Waals surface area contributed by atoms with Crippen molar-refractivity contribution in [1.29, 1.82) is 0 Å². The van der Waals surface area contributed by atoms with E-state index in [0.29, 0.717) is 41.2 Å². The molecule has 31 heavy (non-hydrogen) atoms. The molecule has 3 aromatic rings. The van der Waals surface area contributed by atoms with Gasteiger partial charge in [-0.05, 0) is 68.0 Å². The Bertz CT molecular complexity index is 1160. The zero-order valence-electron chi connectivity index (χ0n) is 17.2. The number of Topliss-reactive ketones (excluding diaryl/α,β-unsaturated/α-hetero) is 1. The maximum absolute atomic E-state index is 13.1. The Balaban J connectivity index is 1.47. The van der Waals surface area contributed by atoms with Gasteiger partial charge < -0.3 is 15.0 Å². The summed E-state index contributed by atoms with van der Waals surface area (Å²) >= 11 is 0. The molecule has 0 bridgehead atoms. The molecule has 0 atom stereocenters. The van der Waals surface area contributed by atoms with E-state index in [1.807, 2.05) is 0 Å². The molecule has 1 aliphatic heterocycles. The highest BCUT2D eigenvalue weighted by atomic mass is 19.1. The predicted octanol–water partition coefficient (Wildman–Crippen LogP) is 3.98. The van der Waals surface area contributed by atoms with Crippen molar-refractivity contribution in [2.24, 2.45) is 5.92 Å². The van der Waals surface area contributed by atoms with E-state index in [1.54, 1.807) is 42.2 Å². The van der Waals surface area contributed by atoms with E-state index in [9.17, 15) is 18.8 Å². The molecule has 1 aliphatic rings. The standard InChI is InChI=1S/C24H23FN2O4/c1-14-21(22(28)24(30)31)19-13-17(4-7-20(19)26-14)23(29)27-10-8-16(9-11-27)12-15-2-5-18(25)6-3-15/h2-7,13,16,26H,8-12H2,1H3,(H,30,31). The summed E-state index contributed by atoms with van der Waals surface area (Å²) in [6, 6.07) is 11.5. The number of aryl methyl sites for hydroxylation is 1. The van der Waals surface area contributed by atoms with Crippen LogP contribution in [0.15, 0.2) is 42.5 Å². The number of carbonyl (C=O) groups excluding carboxylic acids is 2. The number of carboxylic acid groups (broad SMARTS) is 1. The van der Waals surface area contributed by atoms with Crippen molar-refractivity contribution < 1.29 is 23.9 Å². The molecular weight excluding hydrogens is 399 g/mol. The summed E-state index contributed by atoms with van der Waals surface area (Å²) in [5.74, 6) is -2.45. The third-order valence-corrected chi connectivity index (χ3v) is 5.99. The van der Waals surface area contributed by atoms with E-state index < -0.39 is 11.8 Å². The number of likely N-dealkylation sites (tertiary alicyclic amines) is 1. The molecule has 0 saturated carbocycles. The number of ketones is 1. The van der Waals surface area contributed by atoms with Crippen molar-refractivity contribution >= 4 is 28.6 Å². The predicted molar refractivity (Wildman–Crippen MR) is 114 cm³/mol. The highest BCUT2D eigenvalue weighted by molar-refractivity contribution is 6.42. The van der Waals surface area contributed by atoms with Gasteiger partial charge in [0.1, 0.15) is 5.82 Å². The minimum absolute atomic E-state index is 0.0927. The Hall–Kier alpha value is -3.48. The first-order valence-corrected chi connectivity index (χ1v) is 10.3. The maximum Gasteiger partial charge on any atom is 0.377 e. The Morgan fingerprint density at radius 3 is 2.42 bits per heavy atom. The average molecular weight is 422 g/mol. The number of nitrogens with zero attached hydrogens (tertiary/aromatic N) is 1. The number of halogens is 1. The van der Waals surface area contributed by atoms with E-state index in [4.69, 9.17) is 5.11 Å². The van der Waals surface area contributed by atoms with Crippen molar-refractivity contribution in [3.63, 3.8) is 0 Å². The molecule has 0 spiro atoms. The van der Waals surface area contributed by atoms with E-state index >= 15 is 0 Å². The summed E-state index contributed by atoms with van der Waals surface area (Å²) < 4.78 is 13.1. The number of hydrogen-bond donors (Lipinski definition) is 2. The summed E-state index contributed by atoms with van der Waals surface area (Å²) in [5, 5.41) is 9.55. The van der Waals surface area contributed by atoms with Gasteiger partial charge in [0.25, 0.3) is 11.7 Å². The number of hydrogen-bond acceptors (Lipinski definition) is 3. The van der Waals surface area contributed by atoms with E-state index in [2.05, 4.69) is 4.98 Å². The first kappa shape index (κ1) is 20.8. The van der Waals surface area contributed by atoms with Crippen LogP contribution in [-0.4, -0.2) is 45.7 Å². The zero-order chi connectivity index (χ0) is 22.1. The van der Waals surface area contributed by atoms with Gasteiger partial charge in [0.2, 0.25) is 0 Å². The van der Waals surface area contributed by atoms with Crippen LogP contribution in [0.1, 0.15) is 44.8 Å². The van der Waals surface area contributed by atoms with Crippen molar-refractivity contribution in [2.45, 2.75) is 26.2 Å². The van der Waals surface area contributed by atoms with Gasteiger partial charge in [-0.15, -0.1) is 0 Å². The van der Waals surface area contributed by atoms with Crippen LogP contribution in [0.3, 0.4) is 0 Å². The summed E-state index contributed by atoms with van der Waals surface area (Å²) in [4.78, 5) is 41.1. The number of benzene rings is 2. The molecule has 2 aromatic carbocycles. The smallest absolute Gasteiger partial charge is 0.377 e. The quantitative estimate of drug-likeness (QED) is 0.481. The number of aromatic nitrogens is 1. The molecule has 2 heterocycles. The molecule has 0 unspecified atom stereocenters. The number of H-pyrrole nitrogens is 1. The van der Waals surface area contributed by atoms with Crippen LogP contribution in [0, 0.1) is 18.7 Å². The lowest BCUT2D eigenvalue weighted by Crippen LogP contribution is -2.38. The summed E-state index contributed by atoms with van der Waals surface area (Å²) in [7, 11) is 0. The van der Waals surface area contributed by atoms with E-state index in [1.165, 1.54) is 12.1 Å². The van der Waals surface area contributed by atoms with Gasteiger partial charge in [0.05, 0.1) is 5.56 Å². The number of aliphatic carboxylic acids is 1. The Morgan fingerprint density at radius 1 is 1.10 bits per heavy atom. The van der Waals surface area contributed by atoms with Crippen LogP contribution in [0.4, 0.5) is 4.39 Å². The molecule has 0 aliphatic carbocycles. The molecular formula is C24H23FN2O4. The lowest BCUT2D eigenvalue weighted by atomic mass is 9.90. The fourth-order valence-electron chi connectivity index (χ4n) is 4.34. The van der Waals surface area contributed by atoms with Crippen molar-refractivity contribution in [3.8, 4) is 0 Å². The van der Waals surface area contributed by atoms with Gasteiger partial charge in [-0.3, -0.25) is 9.59 Å². The molecule has 1 saturated heterocycles. The second-order valence-electron chi connectivity index (χ2n) is 8.09. The third kappa shape index (κ3) is 4.21. The molecule has 1 amide bonds. The van der Waals surface area contributed by atoms with Gasteiger partial charge in [0, 0.05) is 35.2 Å². The second-order valence-corrected chi connectivity index (χ2v) is 8.09. The monoisotopic (exact) mass is 422 g/mol. The molecule has 160 valence electrons. The van der Waals surface area contributed by atoms with Gasteiger partial charge in [-0.1, -0.05) is 12.1 Å². The van der Waals surface area contributed by atoms with Gasteiger partial charge >= 0.3 is 5.97 Å². The molecule has 6 nitrogen and oxygen atoms in total. The first-order chi connectivity index (χ1) is 14.8. The number of amides is 1. The number of carboxylic acids is 1. The minimum Gasteiger partial charge on any atom is -0.475 e. The molecule has 0 radical (unpaired) electrons. The Kier molecular flexibility index (Phi) is 5.59. The van der Waals surface area contributed by atoms with Crippen LogP contribution in [0.5, 0.6) is 0 Å². The van der Waals surface area contributed by atoms with Crippen LogP contribution < -0.4 is 0 Å². The fourth-order valence-corrected chi connectivity index (χ4v) is 4.34. The van der Waals surface area contributed by atoms with Gasteiger partial charge in [-0.2, -0.15) is 0 Å². The summed E-state index contributed by atoms with van der Waals surface area (Å²) in [5.41, 5.74) is 2.71. The SMILES string of the molecule is Cc1[nH]c2ccc(C(=O)N3CCC(Cc4ccc(F)cc4)CC3)cc2c1C(=O)C(=O)O. The summed E-state index contributed by atoms with van der Waals surface area (Å²) in [6.07, 6.45) is 2.58. The number of rotatable bonds is 5. The lowest BCUT2D eigenvalue weighted by molar-refractivity contribution is -0.131. The maximum atomic E-state index is 13.1. The van der Waals surface area contributed by atoms with Crippen LogP contribution in [-0.2, 0) is 11.2 Å². The van der Waals surface area contributed by atoms with Crippen LogP contribution in [0.2, 0.25) is 0 Å². The molecule has 1 aromatic heterocycles. The number of fused-ring (bicyclic) bond motifs is 1. The fraction of sp³-hybridized carbons (Fsp3) is 0.292. The van der Waals surface area contributed by atoms with Crippen molar-refractivity contribution in [3.05, 3.63) is 70.7 Å². The van der Waals surface area contributed by atoms with E-state index in [0.717, 1.165) is 24.8 Å². The highest BCUT2D eigenvalue weighted by Crippen LogP contribution is 2.27. The van der Waals surface area contributed by atoms with Crippen LogP contribution >= 0.6 is 0 Å². The largest absolute Gasteiger partial charge is 0.475 e. The molecule has 2 N–H and O–H groups in total. The second kappa shape index (κ2) is 8.34. The highest BCUT2D eigenvalue weighted by Gasteiger charge is 2.26. The van der Waals surface area contributed by atoms with Gasteiger partial charge in [0.15, 0.2) is 0 Å². The number of aromatic amines is 1. The molecule has 7 heteroatoms. The number of carbonyl (C=O) groups is 3. The van der Waals surface area contributed by atoms with E-state index in [-0.39, 0.29) is 17.3 Å². The lowest BCUT2D eigenvalue weighted by Gasteiger charge is -2.32. The minimum atomic E-state index is -1.52. The Morgan fingerprint density at radius 2 is 1.77 bits per heavy atom. The molecule has 4 rings (SSSR count).